The Labute approximate surface area is 93.5 Å². The molecule has 0 heterocycles. The van der Waals surface area contributed by atoms with E-state index in [1.54, 1.807) is 0 Å². The van der Waals surface area contributed by atoms with E-state index in [0.717, 1.165) is 11.1 Å². The number of aryl methyl sites for hydroxylation is 1. The molecular weight excluding hydrogens is 208 g/mol. The first-order chi connectivity index (χ1) is 7.49. The topological polar surface area (TPSA) is 74.6 Å². The van der Waals surface area contributed by atoms with E-state index in [0.29, 0.717) is 0 Å². The molecule has 0 amide bonds. The van der Waals surface area contributed by atoms with Crippen molar-refractivity contribution in [2.45, 2.75) is 19.8 Å². The Morgan fingerprint density at radius 2 is 1.75 bits per heavy atom. The van der Waals surface area contributed by atoms with Gasteiger partial charge in [0.05, 0.1) is 12.3 Å². The maximum absolute atomic E-state index is 10.8. The number of rotatable bonds is 5. The summed E-state index contributed by atoms with van der Waals surface area (Å²) in [7, 11) is 0. The number of benzene rings is 1. The highest BCUT2D eigenvalue weighted by molar-refractivity contribution is 5.78. The fourth-order valence-corrected chi connectivity index (χ4v) is 1.47. The molecule has 1 rings (SSSR count). The van der Waals surface area contributed by atoms with Gasteiger partial charge >= 0.3 is 11.9 Å². The van der Waals surface area contributed by atoms with Crippen LogP contribution in [0, 0.1) is 12.8 Å². The molecule has 0 spiro atoms. The van der Waals surface area contributed by atoms with Crippen molar-refractivity contribution in [3.05, 3.63) is 35.4 Å². The summed E-state index contributed by atoms with van der Waals surface area (Å²) in [4.78, 5) is 21.3. The maximum Gasteiger partial charge on any atom is 0.307 e. The molecular formula is C12H14O4. The van der Waals surface area contributed by atoms with Crippen molar-refractivity contribution < 1.29 is 19.8 Å². The van der Waals surface area contributed by atoms with Crippen molar-refractivity contribution in [2.75, 3.05) is 0 Å². The van der Waals surface area contributed by atoms with Crippen LogP contribution < -0.4 is 0 Å². The molecule has 0 aliphatic rings. The van der Waals surface area contributed by atoms with Crippen molar-refractivity contribution in [3.8, 4) is 0 Å². The van der Waals surface area contributed by atoms with Gasteiger partial charge in [-0.1, -0.05) is 29.8 Å². The van der Waals surface area contributed by atoms with E-state index < -0.39 is 17.9 Å². The molecule has 0 aromatic heterocycles. The number of aliphatic carboxylic acids is 2. The van der Waals surface area contributed by atoms with Gasteiger partial charge in [-0.2, -0.15) is 0 Å². The summed E-state index contributed by atoms with van der Waals surface area (Å²) in [5.41, 5.74) is 1.94. The summed E-state index contributed by atoms with van der Waals surface area (Å²) in [6, 6.07) is 7.42. The van der Waals surface area contributed by atoms with Gasteiger partial charge in [-0.05, 0) is 18.9 Å². The van der Waals surface area contributed by atoms with Crippen LogP contribution in [0.1, 0.15) is 17.5 Å². The SMILES string of the molecule is Cc1ccc(C[C@H](CC(=O)O)C(=O)O)cc1. The van der Waals surface area contributed by atoms with Crippen LogP contribution in [0.15, 0.2) is 24.3 Å². The Balaban J connectivity index is 2.71. The van der Waals surface area contributed by atoms with Gasteiger partial charge in [0, 0.05) is 0 Å². The average Bonchev–Trinajstić information content (AvgIpc) is 2.19. The Morgan fingerprint density at radius 1 is 1.19 bits per heavy atom. The third-order valence-corrected chi connectivity index (χ3v) is 2.37. The monoisotopic (exact) mass is 222 g/mol. The molecule has 0 radical (unpaired) electrons. The van der Waals surface area contributed by atoms with Crippen molar-refractivity contribution in [1.82, 2.24) is 0 Å². The fourth-order valence-electron chi connectivity index (χ4n) is 1.47. The number of carbonyl (C=O) groups is 2. The zero-order valence-electron chi connectivity index (χ0n) is 9.01. The lowest BCUT2D eigenvalue weighted by molar-refractivity contribution is -0.148. The van der Waals surface area contributed by atoms with Gasteiger partial charge in [-0.15, -0.1) is 0 Å². The quantitative estimate of drug-likeness (QED) is 0.795. The lowest BCUT2D eigenvalue weighted by Crippen LogP contribution is -2.20. The van der Waals surface area contributed by atoms with Gasteiger partial charge in [0.2, 0.25) is 0 Å². The van der Waals surface area contributed by atoms with Gasteiger partial charge in [0.25, 0.3) is 0 Å². The first kappa shape index (κ1) is 12.2. The van der Waals surface area contributed by atoms with Crippen molar-refractivity contribution in [1.29, 1.82) is 0 Å². The lowest BCUT2D eigenvalue weighted by Gasteiger charge is -2.09. The van der Waals surface area contributed by atoms with E-state index in [2.05, 4.69) is 0 Å². The van der Waals surface area contributed by atoms with Crippen LogP contribution in [0.5, 0.6) is 0 Å². The zero-order valence-corrected chi connectivity index (χ0v) is 9.01. The number of hydrogen-bond acceptors (Lipinski definition) is 2. The average molecular weight is 222 g/mol. The highest BCUT2D eigenvalue weighted by atomic mass is 16.4. The van der Waals surface area contributed by atoms with Crippen molar-refractivity contribution in [2.24, 2.45) is 5.92 Å². The van der Waals surface area contributed by atoms with Crippen LogP contribution in [0.2, 0.25) is 0 Å². The van der Waals surface area contributed by atoms with Crippen LogP contribution in [0.4, 0.5) is 0 Å². The summed E-state index contributed by atoms with van der Waals surface area (Å²) in [6.07, 6.45) is -0.0921. The molecule has 4 nitrogen and oxygen atoms in total. The van der Waals surface area contributed by atoms with Crippen LogP contribution in [-0.4, -0.2) is 22.2 Å². The van der Waals surface area contributed by atoms with Gasteiger partial charge < -0.3 is 10.2 Å². The predicted molar refractivity (Wildman–Crippen MR) is 58.3 cm³/mol. The van der Waals surface area contributed by atoms with E-state index in [-0.39, 0.29) is 12.8 Å². The minimum atomic E-state index is -1.08. The van der Waals surface area contributed by atoms with Gasteiger partial charge in [-0.25, -0.2) is 0 Å². The molecule has 0 saturated heterocycles. The van der Waals surface area contributed by atoms with Crippen molar-refractivity contribution in [3.63, 3.8) is 0 Å². The predicted octanol–water partition coefficient (Wildman–Crippen LogP) is 1.71. The first-order valence-electron chi connectivity index (χ1n) is 4.99. The van der Waals surface area contributed by atoms with Crippen LogP contribution in [-0.2, 0) is 16.0 Å². The zero-order chi connectivity index (χ0) is 12.1. The van der Waals surface area contributed by atoms with E-state index in [1.165, 1.54) is 0 Å². The second-order valence-electron chi connectivity index (χ2n) is 3.82. The molecule has 2 N–H and O–H groups in total. The second kappa shape index (κ2) is 5.30. The normalized spacial score (nSPS) is 12.1. The largest absolute Gasteiger partial charge is 0.481 e. The third-order valence-electron chi connectivity index (χ3n) is 2.37. The van der Waals surface area contributed by atoms with Crippen molar-refractivity contribution >= 4 is 11.9 Å². The molecule has 1 aromatic carbocycles. The number of carboxylic acids is 2. The van der Waals surface area contributed by atoms with E-state index in [1.807, 2.05) is 31.2 Å². The van der Waals surface area contributed by atoms with Crippen LogP contribution in [0.25, 0.3) is 0 Å². The van der Waals surface area contributed by atoms with Crippen LogP contribution in [0.3, 0.4) is 0 Å². The first-order valence-corrected chi connectivity index (χ1v) is 4.99. The van der Waals surface area contributed by atoms with E-state index in [4.69, 9.17) is 10.2 Å². The fraction of sp³-hybridized carbons (Fsp3) is 0.333. The molecule has 0 aliphatic carbocycles. The Morgan fingerprint density at radius 3 is 2.19 bits per heavy atom. The van der Waals surface area contributed by atoms with Gasteiger partial charge in [0.1, 0.15) is 0 Å². The summed E-state index contributed by atoms with van der Waals surface area (Å²) in [5, 5.41) is 17.5. The Hall–Kier alpha value is -1.84. The highest BCUT2D eigenvalue weighted by Crippen LogP contribution is 2.13. The minimum Gasteiger partial charge on any atom is -0.481 e. The minimum absolute atomic E-state index is 0.252. The summed E-state index contributed by atoms with van der Waals surface area (Å²) in [6.45, 7) is 1.94. The van der Waals surface area contributed by atoms with Crippen LogP contribution >= 0.6 is 0 Å². The number of hydrogen-bond donors (Lipinski definition) is 2. The van der Waals surface area contributed by atoms with Gasteiger partial charge in [-0.3, -0.25) is 9.59 Å². The summed E-state index contributed by atoms with van der Waals surface area (Å²) in [5.74, 6) is -3.01. The second-order valence-corrected chi connectivity index (χ2v) is 3.82. The molecule has 4 heteroatoms. The molecule has 1 atom stereocenters. The molecule has 0 bridgehead atoms. The molecule has 86 valence electrons. The third kappa shape index (κ3) is 3.73. The summed E-state index contributed by atoms with van der Waals surface area (Å²) < 4.78 is 0. The molecule has 0 saturated carbocycles. The standard InChI is InChI=1S/C12H14O4/c1-8-2-4-9(5-3-8)6-10(12(15)16)7-11(13)14/h2-5,10H,6-7H2,1H3,(H,13,14)(H,15,16)/t10-/m1/s1. The molecule has 0 unspecified atom stereocenters. The van der Waals surface area contributed by atoms with E-state index >= 15 is 0 Å². The molecule has 0 aliphatic heterocycles. The Kier molecular flexibility index (Phi) is 4.05. The molecule has 0 fully saturated rings. The Bertz CT molecular complexity index is 381. The smallest absolute Gasteiger partial charge is 0.307 e. The molecule has 16 heavy (non-hydrogen) atoms. The van der Waals surface area contributed by atoms with E-state index in [9.17, 15) is 9.59 Å². The molecule has 1 aromatic rings. The maximum atomic E-state index is 10.8. The lowest BCUT2D eigenvalue weighted by atomic mass is 9.96. The van der Waals surface area contributed by atoms with Gasteiger partial charge in [0.15, 0.2) is 0 Å². The number of carboxylic acid groups (broad SMARTS) is 2. The highest BCUT2D eigenvalue weighted by Gasteiger charge is 2.21. The summed E-state index contributed by atoms with van der Waals surface area (Å²) >= 11 is 0.